The van der Waals surface area contributed by atoms with Crippen molar-refractivity contribution in [1.29, 1.82) is 0 Å². The average molecular weight is 329 g/mol. The van der Waals surface area contributed by atoms with Gasteiger partial charge >= 0.3 is 0 Å². The standard InChI is InChI=1S/C14H15BrF2N2/c15-7-8-19(10-14(16)17)9-12-6-5-11-3-1-2-4-13(11)18-12/h1-6,14H,7-10H2. The Labute approximate surface area is 119 Å². The molecule has 0 saturated carbocycles. The molecule has 0 aliphatic rings. The minimum Gasteiger partial charge on any atom is -0.291 e. The van der Waals surface area contributed by atoms with E-state index in [2.05, 4.69) is 20.9 Å². The van der Waals surface area contributed by atoms with Gasteiger partial charge in [-0.2, -0.15) is 0 Å². The molecule has 0 radical (unpaired) electrons. The van der Waals surface area contributed by atoms with Gasteiger partial charge < -0.3 is 0 Å². The van der Waals surface area contributed by atoms with E-state index in [4.69, 9.17) is 0 Å². The van der Waals surface area contributed by atoms with Crippen LogP contribution in [0.1, 0.15) is 5.69 Å². The summed E-state index contributed by atoms with van der Waals surface area (Å²) >= 11 is 3.29. The Morgan fingerprint density at radius 2 is 1.95 bits per heavy atom. The highest BCUT2D eigenvalue weighted by Gasteiger charge is 2.12. The first-order valence-corrected chi connectivity index (χ1v) is 7.22. The van der Waals surface area contributed by atoms with Crippen molar-refractivity contribution in [2.45, 2.75) is 13.0 Å². The molecule has 2 nitrogen and oxygen atoms in total. The molecule has 0 saturated heterocycles. The van der Waals surface area contributed by atoms with Crippen LogP contribution in [0.3, 0.4) is 0 Å². The van der Waals surface area contributed by atoms with Gasteiger partial charge in [-0.05, 0) is 12.1 Å². The van der Waals surface area contributed by atoms with Crippen LogP contribution in [-0.2, 0) is 6.54 Å². The summed E-state index contributed by atoms with van der Waals surface area (Å²) in [6, 6.07) is 11.7. The van der Waals surface area contributed by atoms with E-state index in [1.165, 1.54) is 0 Å². The molecule has 5 heteroatoms. The zero-order chi connectivity index (χ0) is 13.7. The summed E-state index contributed by atoms with van der Waals surface area (Å²) < 4.78 is 25.0. The maximum atomic E-state index is 12.5. The van der Waals surface area contributed by atoms with Gasteiger partial charge in [0, 0.05) is 23.8 Å². The fourth-order valence-corrected chi connectivity index (χ4v) is 2.48. The van der Waals surface area contributed by atoms with Gasteiger partial charge in [-0.25, -0.2) is 8.78 Å². The van der Waals surface area contributed by atoms with Crippen LogP contribution in [0.4, 0.5) is 8.78 Å². The van der Waals surface area contributed by atoms with Crippen molar-refractivity contribution in [1.82, 2.24) is 9.88 Å². The Balaban J connectivity index is 2.13. The molecular formula is C14H15BrF2N2. The quantitative estimate of drug-likeness (QED) is 0.752. The summed E-state index contributed by atoms with van der Waals surface area (Å²) in [7, 11) is 0. The minimum absolute atomic E-state index is 0.222. The van der Waals surface area contributed by atoms with Gasteiger partial charge in [0.05, 0.1) is 17.8 Å². The molecule has 2 rings (SSSR count). The zero-order valence-corrected chi connectivity index (χ0v) is 12.0. The molecule has 19 heavy (non-hydrogen) atoms. The van der Waals surface area contributed by atoms with Gasteiger partial charge in [0.1, 0.15) is 0 Å². The Morgan fingerprint density at radius 3 is 2.68 bits per heavy atom. The van der Waals surface area contributed by atoms with Crippen molar-refractivity contribution < 1.29 is 8.78 Å². The second-order valence-corrected chi connectivity index (χ2v) is 5.10. The Hall–Kier alpha value is -1.07. The Kier molecular flexibility index (Phi) is 5.22. The highest BCUT2D eigenvalue weighted by molar-refractivity contribution is 9.09. The molecule has 1 aromatic carbocycles. The number of benzene rings is 1. The first kappa shape index (κ1) is 14.3. The van der Waals surface area contributed by atoms with Crippen molar-refractivity contribution in [2.24, 2.45) is 0 Å². The Bertz CT molecular complexity index is 534. The second-order valence-electron chi connectivity index (χ2n) is 4.31. The lowest BCUT2D eigenvalue weighted by Gasteiger charge is -2.20. The number of halogens is 3. The van der Waals surface area contributed by atoms with Crippen molar-refractivity contribution in [3.05, 3.63) is 42.1 Å². The first-order valence-electron chi connectivity index (χ1n) is 6.10. The number of hydrogen-bond donors (Lipinski definition) is 0. The van der Waals surface area contributed by atoms with Crippen LogP contribution in [0.15, 0.2) is 36.4 Å². The lowest BCUT2D eigenvalue weighted by atomic mass is 10.2. The summed E-state index contributed by atoms with van der Waals surface area (Å²) in [6.07, 6.45) is -2.32. The molecule has 102 valence electrons. The summed E-state index contributed by atoms with van der Waals surface area (Å²) in [5, 5.41) is 1.74. The third-order valence-electron chi connectivity index (χ3n) is 2.84. The predicted octanol–water partition coefficient (Wildman–Crippen LogP) is 3.70. The molecule has 0 amide bonds. The number of para-hydroxylation sites is 1. The van der Waals surface area contributed by atoms with Crippen LogP contribution < -0.4 is 0 Å². The number of alkyl halides is 3. The highest BCUT2D eigenvalue weighted by atomic mass is 79.9. The van der Waals surface area contributed by atoms with E-state index in [1.807, 2.05) is 36.4 Å². The van der Waals surface area contributed by atoms with Crippen LogP contribution in [0.5, 0.6) is 0 Å². The third-order valence-corrected chi connectivity index (χ3v) is 3.19. The minimum atomic E-state index is -2.32. The Morgan fingerprint density at radius 1 is 1.16 bits per heavy atom. The van der Waals surface area contributed by atoms with Crippen LogP contribution >= 0.6 is 15.9 Å². The fraction of sp³-hybridized carbons (Fsp3) is 0.357. The smallest absolute Gasteiger partial charge is 0.251 e. The molecule has 0 fully saturated rings. The lowest BCUT2D eigenvalue weighted by molar-refractivity contribution is 0.0876. The molecule has 2 aromatic rings. The van der Waals surface area contributed by atoms with Crippen molar-refractivity contribution >= 4 is 26.8 Å². The summed E-state index contributed by atoms with van der Waals surface area (Å²) in [6.45, 7) is 0.805. The number of fused-ring (bicyclic) bond motifs is 1. The maximum Gasteiger partial charge on any atom is 0.251 e. The predicted molar refractivity (Wildman–Crippen MR) is 76.8 cm³/mol. The van der Waals surface area contributed by atoms with E-state index < -0.39 is 6.43 Å². The van der Waals surface area contributed by atoms with Gasteiger partial charge in [-0.15, -0.1) is 0 Å². The van der Waals surface area contributed by atoms with Gasteiger partial charge in [-0.3, -0.25) is 9.88 Å². The normalized spacial score (nSPS) is 11.6. The molecule has 0 bridgehead atoms. The van der Waals surface area contributed by atoms with E-state index in [-0.39, 0.29) is 6.54 Å². The third kappa shape index (κ3) is 4.21. The molecule has 0 atom stereocenters. The zero-order valence-electron chi connectivity index (χ0n) is 10.4. The first-order chi connectivity index (χ1) is 9.19. The summed E-state index contributed by atoms with van der Waals surface area (Å²) in [5.74, 6) is 0. The summed E-state index contributed by atoms with van der Waals surface area (Å²) in [4.78, 5) is 6.21. The topological polar surface area (TPSA) is 16.1 Å². The van der Waals surface area contributed by atoms with Gasteiger partial charge in [0.2, 0.25) is 0 Å². The fourth-order valence-electron chi connectivity index (χ4n) is 1.97. The van der Waals surface area contributed by atoms with Crippen molar-refractivity contribution in [3.63, 3.8) is 0 Å². The largest absolute Gasteiger partial charge is 0.291 e. The molecule has 0 spiro atoms. The number of pyridine rings is 1. The van der Waals surface area contributed by atoms with Gasteiger partial charge in [0.25, 0.3) is 6.43 Å². The van der Waals surface area contributed by atoms with E-state index >= 15 is 0 Å². The molecule has 0 aliphatic carbocycles. The molecular weight excluding hydrogens is 314 g/mol. The van der Waals surface area contributed by atoms with E-state index in [9.17, 15) is 8.78 Å². The SMILES string of the molecule is FC(F)CN(CCBr)Cc1ccc2ccccc2n1. The monoisotopic (exact) mass is 328 g/mol. The number of nitrogens with zero attached hydrogens (tertiary/aromatic N) is 2. The van der Waals surface area contributed by atoms with Gasteiger partial charge in [-0.1, -0.05) is 40.2 Å². The van der Waals surface area contributed by atoms with Gasteiger partial charge in [0.15, 0.2) is 0 Å². The molecule has 0 aliphatic heterocycles. The highest BCUT2D eigenvalue weighted by Crippen LogP contribution is 2.13. The molecule has 0 unspecified atom stereocenters. The molecule has 1 heterocycles. The lowest BCUT2D eigenvalue weighted by Crippen LogP contribution is -2.30. The van der Waals surface area contributed by atoms with Crippen LogP contribution in [0, 0.1) is 0 Å². The van der Waals surface area contributed by atoms with Crippen molar-refractivity contribution in [3.8, 4) is 0 Å². The average Bonchev–Trinajstić information content (AvgIpc) is 2.38. The molecule has 0 N–H and O–H groups in total. The van der Waals surface area contributed by atoms with E-state index in [0.717, 1.165) is 16.6 Å². The molecule has 1 aromatic heterocycles. The number of hydrogen-bond acceptors (Lipinski definition) is 2. The van der Waals surface area contributed by atoms with E-state index in [0.29, 0.717) is 18.4 Å². The van der Waals surface area contributed by atoms with Crippen LogP contribution in [-0.4, -0.2) is 34.7 Å². The second kappa shape index (κ2) is 6.91. The number of aromatic nitrogens is 1. The van der Waals surface area contributed by atoms with Crippen LogP contribution in [0.2, 0.25) is 0 Å². The summed E-state index contributed by atoms with van der Waals surface area (Å²) in [5.41, 5.74) is 1.72. The number of rotatable bonds is 6. The van der Waals surface area contributed by atoms with E-state index in [1.54, 1.807) is 4.90 Å². The van der Waals surface area contributed by atoms with Crippen molar-refractivity contribution in [2.75, 3.05) is 18.4 Å². The maximum absolute atomic E-state index is 12.5. The van der Waals surface area contributed by atoms with Crippen LogP contribution in [0.25, 0.3) is 10.9 Å².